The molecule has 0 aliphatic carbocycles. The van der Waals surface area contributed by atoms with Crippen LogP contribution in [0.3, 0.4) is 0 Å². The van der Waals surface area contributed by atoms with Gasteiger partial charge in [-0.05, 0) is 12.1 Å². The molecule has 0 saturated heterocycles. The van der Waals surface area contributed by atoms with Gasteiger partial charge in [-0.25, -0.2) is 4.68 Å². The van der Waals surface area contributed by atoms with E-state index < -0.39 is 17.5 Å². The molecule has 18 heavy (non-hydrogen) atoms. The molecule has 0 aliphatic heterocycles. The predicted molar refractivity (Wildman–Crippen MR) is 55.9 cm³/mol. The number of aryl methyl sites for hydroxylation is 1. The van der Waals surface area contributed by atoms with Gasteiger partial charge in [0.25, 0.3) is 0 Å². The molecule has 0 unspecified atom stereocenters. The minimum atomic E-state index is -4.41. The molecule has 0 fully saturated rings. The average molecular weight is 255 g/mol. The van der Waals surface area contributed by atoms with E-state index in [-0.39, 0.29) is 11.3 Å². The van der Waals surface area contributed by atoms with Crippen LogP contribution in [0.2, 0.25) is 0 Å². The summed E-state index contributed by atoms with van der Waals surface area (Å²) < 4.78 is 38.3. The van der Waals surface area contributed by atoms with Gasteiger partial charge in [0.2, 0.25) is 5.78 Å². The first-order valence-electron chi connectivity index (χ1n) is 4.96. The molecule has 1 aromatic carbocycles. The van der Waals surface area contributed by atoms with Gasteiger partial charge in [-0.1, -0.05) is 17.3 Å². The Morgan fingerprint density at radius 2 is 1.83 bits per heavy atom. The number of carbonyl (C=O) groups is 1. The first-order chi connectivity index (χ1) is 8.39. The van der Waals surface area contributed by atoms with Crippen molar-refractivity contribution in [3.8, 4) is 0 Å². The number of rotatable bonds is 2. The normalized spacial score (nSPS) is 11.6. The second-order valence-corrected chi connectivity index (χ2v) is 3.65. The fourth-order valence-corrected chi connectivity index (χ4v) is 1.45. The highest BCUT2D eigenvalue weighted by Gasteiger charge is 2.30. The van der Waals surface area contributed by atoms with Gasteiger partial charge >= 0.3 is 6.18 Å². The van der Waals surface area contributed by atoms with Gasteiger partial charge in [0, 0.05) is 12.6 Å². The number of halogens is 3. The van der Waals surface area contributed by atoms with E-state index in [0.717, 1.165) is 24.3 Å². The van der Waals surface area contributed by atoms with Crippen molar-refractivity contribution >= 4 is 5.78 Å². The lowest BCUT2D eigenvalue weighted by Gasteiger charge is -2.07. The SMILES string of the molecule is Cn1nncc1C(=O)c1ccc(C(F)(F)F)cc1. The lowest BCUT2D eigenvalue weighted by molar-refractivity contribution is -0.137. The van der Waals surface area contributed by atoms with Crippen LogP contribution >= 0.6 is 0 Å². The number of hydrogen-bond acceptors (Lipinski definition) is 3. The topological polar surface area (TPSA) is 47.8 Å². The lowest BCUT2D eigenvalue weighted by atomic mass is 10.1. The summed E-state index contributed by atoms with van der Waals surface area (Å²) in [4.78, 5) is 11.9. The second kappa shape index (κ2) is 4.25. The van der Waals surface area contributed by atoms with E-state index in [1.54, 1.807) is 0 Å². The molecule has 4 nitrogen and oxygen atoms in total. The van der Waals surface area contributed by atoms with E-state index in [1.807, 2.05) is 0 Å². The standard InChI is InChI=1S/C11H8F3N3O/c1-17-9(6-15-16-17)10(18)7-2-4-8(5-3-7)11(12,13)14/h2-6H,1H3. The van der Waals surface area contributed by atoms with E-state index >= 15 is 0 Å². The summed E-state index contributed by atoms with van der Waals surface area (Å²) in [6.07, 6.45) is -3.14. The van der Waals surface area contributed by atoms with Gasteiger partial charge in [-0.3, -0.25) is 4.79 Å². The highest BCUT2D eigenvalue weighted by atomic mass is 19.4. The summed E-state index contributed by atoms with van der Waals surface area (Å²) in [5, 5.41) is 7.12. The Morgan fingerprint density at radius 1 is 1.22 bits per heavy atom. The summed E-state index contributed by atoms with van der Waals surface area (Å²) in [7, 11) is 1.53. The minimum absolute atomic E-state index is 0.161. The van der Waals surface area contributed by atoms with Gasteiger partial charge in [-0.15, -0.1) is 5.10 Å². The molecule has 0 bridgehead atoms. The third-order valence-corrected chi connectivity index (χ3v) is 2.42. The molecule has 0 spiro atoms. The monoisotopic (exact) mass is 255 g/mol. The minimum Gasteiger partial charge on any atom is -0.287 e. The van der Waals surface area contributed by atoms with Crippen molar-refractivity contribution in [2.24, 2.45) is 7.05 Å². The van der Waals surface area contributed by atoms with Crippen molar-refractivity contribution in [1.29, 1.82) is 0 Å². The number of aromatic nitrogens is 3. The van der Waals surface area contributed by atoms with Crippen molar-refractivity contribution in [3.63, 3.8) is 0 Å². The Balaban J connectivity index is 2.31. The zero-order valence-electron chi connectivity index (χ0n) is 9.27. The molecule has 1 aromatic heterocycles. The molecule has 0 radical (unpaired) electrons. The summed E-state index contributed by atoms with van der Waals surface area (Å²) in [6, 6.07) is 4.02. The van der Waals surface area contributed by atoms with Crippen molar-refractivity contribution in [3.05, 3.63) is 47.3 Å². The number of benzene rings is 1. The average Bonchev–Trinajstić information content (AvgIpc) is 2.73. The van der Waals surface area contributed by atoms with Crippen LogP contribution in [0.1, 0.15) is 21.6 Å². The van der Waals surface area contributed by atoms with Crippen LogP contribution in [0.25, 0.3) is 0 Å². The van der Waals surface area contributed by atoms with Crippen molar-refractivity contribution < 1.29 is 18.0 Å². The summed E-state index contributed by atoms with van der Waals surface area (Å²) in [5.74, 6) is -0.420. The van der Waals surface area contributed by atoms with Gasteiger partial charge in [-0.2, -0.15) is 13.2 Å². The molecule has 94 valence electrons. The molecule has 0 saturated carbocycles. The van der Waals surface area contributed by atoms with Crippen LogP contribution in [-0.2, 0) is 13.2 Å². The number of nitrogens with zero attached hydrogens (tertiary/aromatic N) is 3. The third-order valence-electron chi connectivity index (χ3n) is 2.42. The van der Waals surface area contributed by atoms with Gasteiger partial charge < -0.3 is 0 Å². The van der Waals surface area contributed by atoms with E-state index in [0.29, 0.717) is 0 Å². The molecule has 0 amide bonds. The molecule has 7 heteroatoms. The highest BCUT2D eigenvalue weighted by Crippen LogP contribution is 2.29. The zero-order valence-corrected chi connectivity index (χ0v) is 9.27. The van der Waals surface area contributed by atoms with E-state index in [1.165, 1.54) is 17.9 Å². The highest BCUT2D eigenvalue weighted by molar-refractivity contribution is 6.07. The first kappa shape index (κ1) is 12.3. The van der Waals surface area contributed by atoms with Gasteiger partial charge in [0.1, 0.15) is 5.69 Å². The van der Waals surface area contributed by atoms with Crippen molar-refractivity contribution in [2.45, 2.75) is 6.18 Å². The fraction of sp³-hybridized carbons (Fsp3) is 0.182. The summed E-state index contributed by atoms with van der Waals surface area (Å²) >= 11 is 0. The maximum Gasteiger partial charge on any atom is 0.416 e. The summed E-state index contributed by atoms with van der Waals surface area (Å²) in [6.45, 7) is 0. The van der Waals surface area contributed by atoms with Crippen LogP contribution in [0.15, 0.2) is 30.5 Å². The maximum absolute atomic E-state index is 12.3. The third kappa shape index (κ3) is 2.24. The van der Waals surface area contributed by atoms with Crippen LogP contribution < -0.4 is 0 Å². The Hall–Kier alpha value is -2.18. The molecule has 2 rings (SSSR count). The van der Waals surface area contributed by atoms with Crippen molar-refractivity contribution in [2.75, 3.05) is 0 Å². The molecular formula is C11H8F3N3O. The number of carbonyl (C=O) groups excluding carboxylic acids is 1. The van der Waals surface area contributed by atoms with Crippen LogP contribution in [0.4, 0.5) is 13.2 Å². The number of hydrogen-bond donors (Lipinski definition) is 0. The zero-order chi connectivity index (χ0) is 13.3. The van der Waals surface area contributed by atoms with Crippen LogP contribution in [-0.4, -0.2) is 20.8 Å². The number of ketones is 1. The molecule has 1 heterocycles. The molecule has 0 atom stereocenters. The largest absolute Gasteiger partial charge is 0.416 e. The quantitative estimate of drug-likeness (QED) is 0.772. The Kier molecular flexibility index (Phi) is 2.90. The van der Waals surface area contributed by atoms with Crippen LogP contribution in [0.5, 0.6) is 0 Å². The predicted octanol–water partition coefficient (Wildman–Crippen LogP) is 2.06. The van der Waals surface area contributed by atoms with E-state index in [9.17, 15) is 18.0 Å². The molecule has 0 N–H and O–H groups in total. The maximum atomic E-state index is 12.3. The van der Waals surface area contributed by atoms with E-state index in [2.05, 4.69) is 10.3 Å². The fourth-order valence-electron chi connectivity index (χ4n) is 1.45. The van der Waals surface area contributed by atoms with Crippen LogP contribution in [0, 0.1) is 0 Å². The number of alkyl halides is 3. The van der Waals surface area contributed by atoms with Gasteiger partial charge in [0.15, 0.2) is 0 Å². The molecular weight excluding hydrogens is 247 g/mol. The Labute approximate surface area is 100 Å². The summed E-state index contributed by atoms with van der Waals surface area (Å²) in [5.41, 5.74) is -0.412. The Morgan fingerprint density at radius 3 is 2.28 bits per heavy atom. The molecule has 2 aromatic rings. The Bertz CT molecular complexity index is 572. The molecule has 0 aliphatic rings. The first-order valence-corrected chi connectivity index (χ1v) is 4.96. The van der Waals surface area contributed by atoms with Gasteiger partial charge in [0.05, 0.1) is 11.8 Å². The second-order valence-electron chi connectivity index (χ2n) is 3.65. The smallest absolute Gasteiger partial charge is 0.287 e. The van der Waals surface area contributed by atoms with E-state index in [4.69, 9.17) is 0 Å². The van der Waals surface area contributed by atoms with Crippen molar-refractivity contribution in [1.82, 2.24) is 15.0 Å². The lowest BCUT2D eigenvalue weighted by Crippen LogP contribution is -2.09.